The maximum atomic E-state index is 12.8. The molecule has 0 aliphatic carbocycles. The fourth-order valence-corrected chi connectivity index (χ4v) is 5.01. The van der Waals surface area contributed by atoms with E-state index in [1.54, 1.807) is 36.4 Å². The number of hydrogen-bond donors (Lipinski definition) is 1. The number of rotatable bonds is 12. The number of esters is 2. The second-order valence-corrected chi connectivity index (χ2v) is 11.4. The highest BCUT2D eigenvalue weighted by Crippen LogP contribution is 2.28. The fourth-order valence-electron chi connectivity index (χ4n) is 5.01. The maximum Gasteiger partial charge on any atom is 0.414 e. The van der Waals surface area contributed by atoms with Gasteiger partial charge in [-0.15, -0.1) is 6.58 Å². The van der Waals surface area contributed by atoms with Crippen LogP contribution in [0.1, 0.15) is 31.8 Å². The van der Waals surface area contributed by atoms with E-state index in [2.05, 4.69) is 21.9 Å². The number of hydrogen-bond acceptors (Lipinski definition) is 12. The molecule has 0 aliphatic heterocycles. The van der Waals surface area contributed by atoms with Crippen LogP contribution in [-0.2, 0) is 32.2 Å². The minimum atomic E-state index is -0.644. The predicted molar refractivity (Wildman–Crippen MR) is 201 cm³/mol. The Hall–Kier alpha value is -7.48. The van der Waals surface area contributed by atoms with Crippen LogP contribution in [0.25, 0.3) is 22.9 Å². The van der Waals surface area contributed by atoms with Crippen LogP contribution in [0.3, 0.4) is 0 Å². The van der Waals surface area contributed by atoms with Crippen molar-refractivity contribution in [2.75, 3.05) is 31.0 Å². The number of amides is 2. The Morgan fingerprint density at radius 1 is 0.709 bits per heavy atom. The molecule has 0 aliphatic rings. The molecule has 55 heavy (non-hydrogen) atoms. The van der Waals surface area contributed by atoms with Crippen LogP contribution < -0.4 is 10.2 Å². The van der Waals surface area contributed by atoms with Crippen molar-refractivity contribution in [3.05, 3.63) is 157 Å². The predicted octanol–water partition coefficient (Wildman–Crippen LogP) is 8.33. The molecule has 0 atom stereocenters. The summed E-state index contributed by atoms with van der Waals surface area (Å²) in [5.74, 6) is -0.459. The second-order valence-electron chi connectivity index (χ2n) is 11.4. The van der Waals surface area contributed by atoms with E-state index < -0.39 is 24.1 Å². The zero-order valence-corrected chi connectivity index (χ0v) is 29.9. The molecule has 2 amide bonds. The van der Waals surface area contributed by atoms with Crippen molar-refractivity contribution in [3.8, 4) is 22.9 Å². The van der Waals surface area contributed by atoms with E-state index in [1.165, 1.54) is 50.1 Å². The van der Waals surface area contributed by atoms with E-state index >= 15 is 0 Å². The Balaban J connectivity index is 0.000000212. The SMILES string of the molecule is C=CCN(C(=O)OCc1ccccc1)c1cc(C(=O)OC)cc(-c2ncco2)c1.COC(=O)c1cc(NC(=O)OCc2ccccc2)cc(-c2ncco2)c1. The summed E-state index contributed by atoms with van der Waals surface area (Å²) in [6, 6.07) is 28.2. The highest BCUT2D eigenvalue weighted by Gasteiger charge is 2.21. The highest BCUT2D eigenvalue weighted by molar-refractivity contribution is 5.96. The van der Waals surface area contributed by atoms with Crippen LogP contribution in [0.15, 0.2) is 143 Å². The van der Waals surface area contributed by atoms with Gasteiger partial charge in [-0.05, 0) is 47.5 Å². The van der Waals surface area contributed by atoms with Crippen LogP contribution in [0.5, 0.6) is 0 Å². The van der Waals surface area contributed by atoms with E-state index in [1.807, 2.05) is 60.7 Å². The molecule has 14 nitrogen and oxygen atoms in total. The molecule has 0 saturated carbocycles. The number of oxazole rings is 2. The molecule has 1 N–H and O–H groups in total. The molecule has 280 valence electrons. The van der Waals surface area contributed by atoms with Crippen molar-refractivity contribution in [3.63, 3.8) is 0 Å². The Labute approximate surface area is 315 Å². The van der Waals surface area contributed by atoms with E-state index in [4.69, 9.17) is 27.8 Å². The minimum Gasteiger partial charge on any atom is -0.465 e. The summed E-state index contributed by atoms with van der Waals surface area (Å²) >= 11 is 0. The lowest BCUT2D eigenvalue weighted by Gasteiger charge is -2.22. The molecular weight excluding hydrogens is 708 g/mol. The third-order valence-electron chi connectivity index (χ3n) is 7.56. The summed E-state index contributed by atoms with van der Waals surface area (Å²) in [5, 5.41) is 2.60. The topological polar surface area (TPSA) is 173 Å². The summed E-state index contributed by atoms with van der Waals surface area (Å²) in [4.78, 5) is 58.3. The summed E-state index contributed by atoms with van der Waals surface area (Å²) in [5.41, 5.74) is 4.08. The van der Waals surface area contributed by atoms with Gasteiger partial charge in [0.25, 0.3) is 0 Å². The summed E-state index contributed by atoms with van der Waals surface area (Å²) in [6.45, 7) is 4.14. The number of methoxy groups -OCH3 is 2. The lowest BCUT2D eigenvalue weighted by Crippen LogP contribution is -2.31. The molecule has 0 saturated heterocycles. The van der Waals surface area contributed by atoms with E-state index in [0.717, 1.165) is 11.1 Å². The minimum absolute atomic E-state index is 0.122. The van der Waals surface area contributed by atoms with Gasteiger partial charge >= 0.3 is 24.1 Å². The van der Waals surface area contributed by atoms with E-state index in [9.17, 15) is 19.2 Å². The van der Waals surface area contributed by atoms with Crippen LogP contribution in [0.4, 0.5) is 21.0 Å². The molecule has 0 fully saturated rings. The Bertz CT molecular complexity index is 2190. The average molecular weight is 745 g/mol. The van der Waals surface area contributed by atoms with E-state index in [-0.39, 0.29) is 30.9 Å². The van der Waals surface area contributed by atoms with Gasteiger partial charge in [0, 0.05) is 29.0 Å². The zero-order valence-electron chi connectivity index (χ0n) is 29.9. The first kappa shape index (κ1) is 38.7. The van der Waals surface area contributed by atoms with Crippen molar-refractivity contribution in [1.29, 1.82) is 0 Å². The summed E-state index contributed by atoms with van der Waals surface area (Å²) in [7, 11) is 2.57. The normalized spacial score (nSPS) is 10.2. The molecule has 0 unspecified atom stereocenters. The van der Waals surface area contributed by atoms with E-state index in [0.29, 0.717) is 34.3 Å². The molecular formula is C41H36N4O10. The van der Waals surface area contributed by atoms with Gasteiger partial charge in [0.05, 0.1) is 37.7 Å². The smallest absolute Gasteiger partial charge is 0.414 e. The van der Waals surface area contributed by atoms with Gasteiger partial charge in [0.1, 0.15) is 25.7 Å². The van der Waals surface area contributed by atoms with Crippen molar-refractivity contribution >= 4 is 35.5 Å². The van der Waals surface area contributed by atoms with Gasteiger partial charge in [-0.25, -0.2) is 29.1 Å². The molecule has 6 rings (SSSR count). The lowest BCUT2D eigenvalue weighted by atomic mass is 10.1. The Morgan fingerprint density at radius 2 is 1.24 bits per heavy atom. The summed E-state index contributed by atoms with van der Waals surface area (Å²) in [6.07, 6.45) is 6.18. The van der Waals surface area contributed by atoms with Crippen molar-refractivity contribution in [1.82, 2.24) is 9.97 Å². The van der Waals surface area contributed by atoms with Gasteiger partial charge in [0.15, 0.2) is 0 Å². The van der Waals surface area contributed by atoms with Gasteiger partial charge in [-0.3, -0.25) is 10.2 Å². The quantitative estimate of drug-likeness (QED) is 0.0722. The third kappa shape index (κ3) is 11.0. The first-order valence-electron chi connectivity index (χ1n) is 16.6. The number of carbonyl (C=O) groups is 4. The number of carbonyl (C=O) groups excluding carboxylic acids is 4. The molecule has 0 bridgehead atoms. The number of benzene rings is 4. The van der Waals surface area contributed by atoms with Gasteiger partial charge in [0.2, 0.25) is 11.8 Å². The maximum absolute atomic E-state index is 12.8. The number of aromatic nitrogens is 2. The third-order valence-corrected chi connectivity index (χ3v) is 7.56. The Morgan fingerprint density at radius 3 is 1.75 bits per heavy atom. The monoisotopic (exact) mass is 744 g/mol. The Kier molecular flexibility index (Phi) is 13.7. The molecule has 14 heteroatoms. The summed E-state index contributed by atoms with van der Waals surface area (Å²) < 4.78 is 30.8. The average Bonchev–Trinajstić information content (AvgIpc) is 3.98. The molecule has 4 aromatic carbocycles. The van der Waals surface area contributed by atoms with Crippen molar-refractivity contribution in [2.24, 2.45) is 0 Å². The molecule has 0 radical (unpaired) electrons. The van der Waals surface area contributed by atoms with Gasteiger partial charge in [-0.2, -0.15) is 0 Å². The first-order valence-corrected chi connectivity index (χ1v) is 16.6. The first-order chi connectivity index (χ1) is 26.8. The van der Waals surface area contributed by atoms with Crippen LogP contribution >= 0.6 is 0 Å². The van der Waals surface area contributed by atoms with Crippen molar-refractivity contribution in [2.45, 2.75) is 13.2 Å². The number of nitrogens with zero attached hydrogens (tertiary/aromatic N) is 3. The van der Waals surface area contributed by atoms with Crippen LogP contribution in [0.2, 0.25) is 0 Å². The second kappa shape index (κ2) is 19.4. The molecule has 6 aromatic rings. The van der Waals surface area contributed by atoms with Crippen molar-refractivity contribution < 1.29 is 47.0 Å². The molecule has 2 heterocycles. The zero-order chi connectivity index (χ0) is 39.0. The standard InChI is InChI=1S/C22H20N2O5.C19H16N2O5/c1-3-10-24(22(26)29-15-16-7-5-4-6-8-16)19-13-17(20-23-9-11-28-20)12-18(14-19)21(25)27-2;1-24-18(22)15-9-14(17-20-7-8-25-17)10-16(11-15)21-19(23)26-12-13-5-3-2-4-6-13/h3-9,11-14H,1,10,15H2,2H3;2-11H,12H2,1H3,(H,21,23). The lowest BCUT2D eigenvalue weighted by molar-refractivity contribution is 0.0592. The van der Waals surface area contributed by atoms with Crippen LogP contribution in [0, 0.1) is 0 Å². The largest absolute Gasteiger partial charge is 0.465 e. The number of ether oxygens (including phenoxy) is 4. The highest BCUT2D eigenvalue weighted by atomic mass is 16.6. The number of anilines is 2. The molecule has 2 aromatic heterocycles. The van der Waals surface area contributed by atoms with Gasteiger partial charge in [-0.1, -0.05) is 66.7 Å². The number of nitrogens with one attached hydrogen (secondary N) is 1. The van der Waals surface area contributed by atoms with Gasteiger partial charge < -0.3 is 27.8 Å². The van der Waals surface area contributed by atoms with Crippen LogP contribution in [-0.4, -0.2) is 54.9 Å². The molecule has 0 spiro atoms. The fraction of sp³-hybridized carbons (Fsp3) is 0.122.